The molecule has 1 amide bonds. The van der Waals surface area contributed by atoms with Crippen LogP contribution in [0.1, 0.15) is 0 Å². The van der Waals surface area contributed by atoms with E-state index in [9.17, 15) is 63.0 Å². The van der Waals surface area contributed by atoms with Crippen LogP contribution in [-0.2, 0) is 19.1 Å². The quantitative estimate of drug-likeness (QED) is 0.318. The maximum atomic E-state index is 13.1. The Bertz CT molecular complexity index is 553. The van der Waals surface area contributed by atoms with Crippen molar-refractivity contribution in [1.29, 1.82) is 0 Å². The number of carbonyl (C=O) groups excluding carboxylic acids is 2. The molecule has 0 unspecified atom stereocenters. The molecule has 0 spiro atoms. The first-order chi connectivity index (χ1) is 11.2. The summed E-state index contributed by atoms with van der Waals surface area (Å²) in [6.45, 7) is -1.69. The molecule has 0 N–H and O–H groups in total. The molecule has 0 aromatic carbocycles. The minimum absolute atomic E-state index is 0. The number of likely N-dealkylation sites (N-methyl/N-ethyl adjacent to an activating group) is 1. The number of rotatable bonds is 8. The second-order valence-corrected chi connectivity index (χ2v) is 4.31. The van der Waals surface area contributed by atoms with E-state index in [4.69, 9.17) is 0 Å². The van der Waals surface area contributed by atoms with Gasteiger partial charge in [-0.15, -0.1) is 13.2 Å². The van der Waals surface area contributed by atoms with Gasteiger partial charge in [-0.3, -0.25) is 4.79 Å². The molecule has 0 aliphatic heterocycles. The van der Waals surface area contributed by atoms with Crippen molar-refractivity contribution in [3.05, 3.63) is 0 Å². The van der Waals surface area contributed by atoms with Crippen LogP contribution in [0.4, 0.5) is 48.3 Å². The van der Waals surface area contributed by atoms with Crippen molar-refractivity contribution in [2.45, 2.75) is 30.6 Å². The Balaban J connectivity index is 0. The summed E-state index contributed by atoms with van der Waals surface area (Å²) in [7, 11) is 0.215. The predicted molar refractivity (Wildman–Crippen MR) is 50.7 cm³/mol. The van der Waals surface area contributed by atoms with Crippen LogP contribution in [0.15, 0.2) is 0 Å². The van der Waals surface area contributed by atoms with Crippen LogP contribution in [0.3, 0.4) is 0 Å². The summed E-state index contributed by atoms with van der Waals surface area (Å²) in [4.78, 5) is 20.4. The second kappa shape index (κ2) is 9.03. The Morgan fingerprint density at radius 2 is 1.22 bits per heavy atom. The number of nitrogens with zero attached hydrogens (tertiary/aromatic N) is 1. The van der Waals surface area contributed by atoms with Crippen LogP contribution in [0.25, 0.3) is 0 Å². The topological polar surface area (TPSA) is 78.9 Å². The number of alkyl halides is 11. The van der Waals surface area contributed by atoms with Crippen molar-refractivity contribution >= 4 is 11.9 Å². The Morgan fingerprint density at radius 1 is 0.852 bits per heavy atom. The van der Waals surface area contributed by atoms with Crippen molar-refractivity contribution in [1.82, 2.24) is 4.90 Å². The molecule has 0 aliphatic carbocycles. The number of carboxylic acid groups (broad SMARTS) is 1. The standard InChI is InChI=1S/C9H6F11NO5.K/c1-21(2-3(22)23)4(24)5(10,11)25-7(14,15)6(12,13)8(16,17)26-9(18,19)20;/h2H2,1H3,(H,22,23);/q;+1/p-1. The number of carbonyl (C=O) groups is 2. The van der Waals surface area contributed by atoms with Gasteiger partial charge in [0, 0.05) is 7.05 Å². The monoisotopic (exact) mass is 455 g/mol. The van der Waals surface area contributed by atoms with Gasteiger partial charge in [0.25, 0.3) is 0 Å². The summed E-state index contributed by atoms with van der Waals surface area (Å²) in [6, 6.07) is 0. The van der Waals surface area contributed by atoms with Crippen LogP contribution in [0, 0.1) is 0 Å². The van der Waals surface area contributed by atoms with Crippen LogP contribution >= 0.6 is 0 Å². The normalized spacial score (nSPS) is 13.8. The zero-order valence-corrected chi connectivity index (χ0v) is 16.0. The van der Waals surface area contributed by atoms with Crippen LogP contribution < -0.4 is 56.5 Å². The molecule has 27 heavy (non-hydrogen) atoms. The van der Waals surface area contributed by atoms with E-state index in [1.807, 2.05) is 4.74 Å². The molecule has 0 radical (unpaired) electrons. The van der Waals surface area contributed by atoms with E-state index >= 15 is 0 Å². The van der Waals surface area contributed by atoms with E-state index in [-0.39, 0.29) is 58.4 Å². The molecular weight excluding hydrogens is 450 g/mol. The molecule has 0 aromatic rings. The first-order valence-electron chi connectivity index (χ1n) is 5.60. The van der Waals surface area contributed by atoms with Gasteiger partial charge in [-0.25, -0.2) is 9.47 Å². The third-order valence-electron chi connectivity index (χ3n) is 2.19. The number of ether oxygens (including phenoxy) is 2. The number of hydrogen-bond donors (Lipinski definition) is 0. The molecule has 18 heteroatoms. The van der Waals surface area contributed by atoms with Crippen molar-refractivity contribution in [3.8, 4) is 0 Å². The molecule has 6 nitrogen and oxygen atoms in total. The van der Waals surface area contributed by atoms with Gasteiger partial charge in [0.1, 0.15) is 0 Å². The molecular formula is C9H5F11KNO5. The minimum atomic E-state index is -7.34. The fourth-order valence-corrected chi connectivity index (χ4v) is 1.14. The molecule has 0 rings (SSSR count). The fraction of sp³-hybridized carbons (Fsp3) is 0.778. The first-order valence-corrected chi connectivity index (χ1v) is 5.60. The largest absolute Gasteiger partial charge is 1.00 e. The van der Waals surface area contributed by atoms with Crippen LogP contribution in [0.5, 0.6) is 0 Å². The van der Waals surface area contributed by atoms with E-state index < -0.39 is 53.9 Å². The van der Waals surface area contributed by atoms with Crippen molar-refractivity contribution < 1.29 is 124 Å². The molecule has 0 saturated heterocycles. The fourth-order valence-electron chi connectivity index (χ4n) is 1.14. The van der Waals surface area contributed by atoms with Crippen molar-refractivity contribution in [2.75, 3.05) is 13.6 Å². The number of hydrogen-bond acceptors (Lipinski definition) is 5. The molecule has 0 aliphatic rings. The number of carboxylic acids is 1. The third-order valence-corrected chi connectivity index (χ3v) is 2.19. The Labute approximate surface area is 184 Å². The molecule has 0 aromatic heterocycles. The Morgan fingerprint density at radius 3 is 1.56 bits per heavy atom. The average molecular weight is 455 g/mol. The molecule has 0 heterocycles. The maximum Gasteiger partial charge on any atom is 1.00 e. The predicted octanol–water partition coefficient (Wildman–Crippen LogP) is -1.83. The Hall–Kier alpha value is -0.274. The minimum Gasteiger partial charge on any atom is -0.548 e. The molecule has 0 fully saturated rings. The summed E-state index contributed by atoms with van der Waals surface area (Å²) in [6.07, 6.45) is -26.8. The van der Waals surface area contributed by atoms with Crippen molar-refractivity contribution in [3.63, 3.8) is 0 Å². The maximum absolute atomic E-state index is 13.1. The number of halogens is 11. The SMILES string of the molecule is CN(CC(=O)[O-])C(=O)C(F)(F)OC(F)(F)C(F)(F)C(F)(F)OC(F)(F)F.[K+]. The van der Waals surface area contributed by atoms with Gasteiger partial charge in [0.05, 0.1) is 12.5 Å². The summed E-state index contributed by atoms with van der Waals surface area (Å²) in [5, 5.41) is 10.1. The van der Waals surface area contributed by atoms with Gasteiger partial charge in [-0.05, 0) is 0 Å². The van der Waals surface area contributed by atoms with E-state index in [2.05, 4.69) is 0 Å². The smallest absolute Gasteiger partial charge is 0.548 e. The molecule has 0 saturated carbocycles. The zero-order chi connectivity index (χ0) is 21.4. The van der Waals surface area contributed by atoms with Gasteiger partial charge in [-0.1, -0.05) is 0 Å². The summed E-state index contributed by atoms with van der Waals surface area (Å²) in [5.41, 5.74) is 0. The van der Waals surface area contributed by atoms with Crippen molar-refractivity contribution in [2.24, 2.45) is 0 Å². The Kier molecular flexibility index (Phi) is 9.68. The second-order valence-electron chi connectivity index (χ2n) is 4.31. The van der Waals surface area contributed by atoms with Gasteiger partial charge in [-0.2, -0.15) is 35.1 Å². The average Bonchev–Trinajstić information content (AvgIpc) is 2.32. The van der Waals surface area contributed by atoms with E-state index in [1.54, 1.807) is 0 Å². The number of aliphatic carboxylic acids is 1. The molecule has 0 bridgehead atoms. The molecule has 0 atom stereocenters. The van der Waals surface area contributed by atoms with E-state index in [0.717, 1.165) is 0 Å². The van der Waals surface area contributed by atoms with Gasteiger partial charge in [0.15, 0.2) is 0 Å². The van der Waals surface area contributed by atoms with Gasteiger partial charge < -0.3 is 14.8 Å². The van der Waals surface area contributed by atoms with E-state index in [1.165, 1.54) is 4.74 Å². The van der Waals surface area contributed by atoms with Gasteiger partial charge >= 0.3 is 87.9 Å². The summed E-state index contributed by atoms with van der Waals surface area (Å²) < 4.78 is 141. The summed E-state index contributed by atoms with van der Waals surface area (Å²) >= 11 is 0. The third kappa shape index (κ3) is 7.57. The zero-order valence-electron chi connectivity index (χ0n) is 12.9. The van der Waals surface area contributed by atoms with E-state index in [0.29, 0.717) is 0 Å². The van der Waals surface area contributed by atoms with Crippen LogP contribution in [0.2, 0.25) is 0 Å². The first kappa shape index (κ1) is 28.9. The summed E-state index contributed by atoms with van der Waals surface area (Å²) in [5.74, 6) is -12.6. The molecule has 154 valence electrons. The number of amides is 1. The van der Waals surface area contributed by atoms with Gasteiger partial charge in [0.2, 0.25) is 0 Å². The van der Waals surface area contributed by atoms with Crippen LogP contribution in [-0.4, -0.2) is 61.0 Å².